The SMILES string of the molecule is CC(C#N)Oc1ccc(C=C(C(=O)NCCc2ccccc2)C(=O)NCCc2ccccc2)cc1. The number of nitrogens with zero attached hydrogens (tertiary/aromatic N) is 1. The average molecular weight is 468 g/mol. The summed E-state index contributed by atoms with van der Waals surface area (Å²) in [6.45, 7) is 2.48. The zero-order chi connectivity index (χ0) is 24.9. The molecule has 178 valence electrons. The van der Waals surface area contributed by atoms with Crippen LogP contribution in [0.25, 0.3) is 6.08 Å². The van der Waals surface area contributed by atoms with Crippen LogP contribution in [0.15, 0.2) is 90.5 Å². The minimum atomic E-state index is -0.572. The minimum absolute atomic E-state index is 0.0326. The van der Waals surface area contributed by atoms with Crippen LogP contribution in [0.3, 0.4) is 0 Å². The molecule has 0 fully saturated rings. The second-order valence-corrected chi connectivity index (χ2v) is 8.00. The molecule has 0 heterocycles. The number of carbonyl (C=O) groups is 2. The van der Waals surface area contributed by atoms with E-state index < -0.39 is 17.9 Å². The van der Waals surface area contributed by atoms with E-state index in [1.54, 1.807) is 37.3 Å². The smallest absolute Gasteiger partial charge is 0.256 e. The van der Waals surface area contributed by atoms with Gasteiger partial charge in [-0.25, -0.2) is 0 Å². The van der Waals surface area contributed by atoms with Crippen molar-refractivity contribution in [3.8, 4) is 11.8 Å². The van der Waals surface area contributed by atoms with Gasteiger partial charge in [-0.15, -0.1) is 0 Å². The van der Waals surface area contributed by atoms with Gasteiger partial charge in [0.1, 0.15) is 17.4 Å². The number of hydrogen-bond donors (Lipinski definition) is 2. The lowest BCUT2D eigenvalue weighted by molar-refractivity contribution is -0.123. The van der Waals surface area contributed by atoms with Crippen molar-refractivity contribution in [2.45, 2.75) is 25.9 Å². The van der Waals surface area contributed by atoms with E-state index in [1.165, 1.54) is 0 Å². The van der Waals surface area contributed by atoms with E-state index in [4.69, 9.17) is 10.00 Å². The highest BCUT2D eigenvalue weighted by molar-refractivity contribution is 6.21. The van der Waals surface area contributed by atoms with E-state index in [0.29, 0.717) is 37.2 Å². The molecule has 0 aliphatic carbocycles. The maximum atomic E-state index is 13.0. The van der Waals surface area contributed by atoms with Gasteiger partial charge >= 0.3 is 0 Å². The van der Waals surface area contributed by atoms with Gasteiger partial charge in [-0.3, -0.25) is 9.59 Å². The first kappa shape index (κ1) is 25.3. The van der Waals surface area contributed by atoms with Gasteiger partial charge in [-0.1, -0.05) is 72.8 Å². The highest BCUT2D eigenvalue weighted by Gasteiger charge is 2.18. The van der Waals surface area contributed by atoms with E-state index in [1.807, 2.05) is 66.7 Å². The summed E-state index contributed by atoms with van der Waals surface area (Å²) in [6.07, 6.45) is 2.32. The molecule has 0 aliphatic rings. The molecule has 3 aromatic carbocycles. The Morgan fingerprint density at radius 2 is 1.31 bits per heavy atom. The van der Waals surface area contributed by atoms with Crippen molar-refractivity contribution < 1.29 is 14.3 Å². The first-order valence-corrected chi connectivity index (χ1v) is 11.6. The van der Waals surface area contributed by atoms with E-state index >= 15 is 0 Å². The summed E-state index contributed by atoms with van der Waals surface area (Å²) in [6, 6.07) is 28.6. The number of hydrogen-bond acceptors (Lipinski definition) is 4. The van der Waals surface area contributed by atoms with Crippen molar-refractivity contribution in [3.05, 3.63) is 107 Å². The van der Waals surface area contributed by atoms with Gasteiger partial charge in [0.2, 0.25) is 0 Å². The maximum absolute atomic E-state index is 13.0. The van der Waals surface area contributed by atoms with Crippen LogP contribution >= 0.6 is 0 Å². The van der Waals surface area contributed by atoms with Gasteiger partial charge in [0.15, 0.2) is 6.10 Å². The highest BCUT2D eigenvalue weighted by Crippen LogP contribution is 2.16. The number of amides is 2. The summed E-state index contributed by atoms with van der Waals surface area (Å²) in [5.74, 6) is -0.328. The molecule has 3 aromatic rings. The van der Waals surface area contributed by atoms with Crippen LogP contribution in [-0.2, 0) is 22.4 Å². The molecule has 0 spiro atoms. The molecule has 35 heavy (non-hydrogen) atoms. The molecule has 1 unspecified atom stereocenters. The lowest BCUT2D eigenvalue weighted by Crippen LogP contribution is -2.36. The van der Waals surface area contributed by atoms with Crippen molar-refractivity contribution >= 4 is 17.9 Å². The standard InChI is InChI=1S/C29H29N3O3/c1-22(21-30)35-26-14-12-25(13-15-26)20-27(28(33)31-18-16-23-8-4-2-5-9-23)29(34)32-19-17-24-10-6-3-7-11-24/h2-15,20,22H,16-19H2,1H3,(H,31,33)(H,32,34). The molecule has 2 N–H and O–H groups in total. The third-order valence-electron chi connectivity index (χ3n) is 5.26. The zero-order valence-corrected chi connectivity index (χ0v) is 19.7. The molecular formula is C29H29N3O3. The fourth-order valence-electron chi connectivity index (χ4n) is 3.39. The molecule has 6 heteroatoms. The molecule has 3 rings (SSSR count). The molecule has 0 radical (unpaired) electrons. The third kappa shape index (κ3) is 8.49. The molecule has 0 saturated heterocycles. The monoisotopic (exact) mass is 467 g/mol. The van der Waals surface area contributed by atoms with Gasteiger partial charge in [-0.2, -0.15) is 5.26 Å². The Balaban J connectivity index is 1.68. The quantitative estimate of drug-likeness (QED) is 0.253. The summed E-state index contributed by atoms with van der Waals surface area (Å²) in [5, 5.41) is 14.6. The lowest BCUT2D eigenvalue weighted by Gasteiger charge is -2.11. The third-order valence-corrected chi connectivity index (χ3v) is 5.26. The topological polar surface area (TPSA) is 91.2 Å². The van der Waals surface area contributed by atoms with Crippen LogP contribution in [0.1, 0.15) is 23.6 Å². The Kier molecular flexibility index (Phi) is 9.64. The van der Waals surface area contributed by atoms with Gasteiger partial charge in [0, 0.05) is 13.1 Å². The van der Waals surface area contributed by atoms with E-state index in [0.717, 1.165) is 11.1 Å². The summed E-state index contributed by atoms with van der Waals surface area (Å²) in [7, 11) is 0. The molecule has 0 bridgehead atoms. The van der Waals surface area contributed by atoms with E-state index in [9.17, 15) is 9.59 Å². The summed E-state index contributed by atoms with van der Waals surface area (Å²) in [4.78, 5) is 25.9. The Hall–Kier alpha value is -4.37. The second kappa shape index (κ2) is 13.4. The normalized spacial score (nSPS) is 11.0. The van der Waals surface area contributed by atoms with Gasteiger partial charge in [0.05, 0.1) is 0 Å². The molecule has 0 aromatic heterocycles. The number of rotatable bonds is 11. The van der Waals surface area contributed by atoms with Crippen LogP contribution in [0, 0.1) is 11.3 Å². The van der Waals surface area contributed by atoms with Crippen LogP contribution < -0.4 is 15.4 Å². The molecule has 0 saturated carbocycles. The first-order valence-electron chi connectivity index (χ1n) is 11.6. The molecule has 6 nitrogen and oxygen atoms in total. The first-order chi connectivity index (χ1) is 17.0. The largest absolute Gasteiger partial charge is 0.476 e. The predicted octanol–water partition coefficient (Wildman–Crippen LogP) is 4.08. The Labute approximate surface area is 206 Å². The van der Waals surface area contributed by atoms with Crippen LogP contribution in [0.2, 0.25) is 0 Å². The van der Waals surface area contributed by atoms with E-state index in [2.05, 4.69) is 10.6 Å². The molecule has 0 aliphatic heterocycles. The van der Waals surface area contributed by atoms with Crippen LogP contribution in [0.4, 0.5) is 0 Å². The molecular weight excluding hydrogens is 438 g/mol. The van der Waals surface area contributed by atoms with E-state index in [-0.39, 0.29) is 5.57 Å². The van der Waals surface area contributed by atoms with Crippen LogP contribution in [0.5, 0.6) is 5.75 Å². The number of benzene rings is 3. The fourth-order valence-corrected chi connectivity index (χ4v) is 3.39. The predicted molar refractivity (Wildman–Crippen MR) is 136 cm³/mol. The summed E-state index contributed by atoms with van der Waals surface area (Å²) < 4.78 is 5.47. The van der Waals surface area contributed by atoms with Gasteiger partial charge in [-0.05, 0) is 54.7 Å². The summed E-state index contributed by atoms with van der Waals surface area (Å²) in [5.41, 5.74) is 2.92. The lowest BCUT2D eigenvalue weighted by atomic mass is 10.1. The number of carbonyl (C=O) groups excluding carboxylic acids is 2. The number of nitriles is 1. The molecule has 2 amide bonds. The van der Waals surface area contributed by atoms with Crippen molar-refractivity contribution in [3.63, 3.8) is 0 Å². The number of nitrogens with one attached hydrogen (secondary N) is 2. The Morgan fingerprint density at radius 1 is 0.829 bits per heavy atom. The molecule has 1 atom stereocenters. The van der Waals surface area contributed by atoms with Gasteiger partial charge in [0.25, 0.3) is 11.8 Å². The van der Waals surface area contributed by atoms with Crippen molar-refractivity contribution in [2.75, 3.05) is 13.1 Å². The summed E-state index contributed by atoms with van der Waals surface area (Å²) >= 11 is 0. The van der Waals surface area contributed by atoms with Crippen LogP contribution in [-0.4, -0.2) is 31.0 Å². The second-order valence-electron chi connectivity index (χ2n) is 8.00. The van der Waals surface area contributed by atoms with Crippen molar-refractivity contribution in [1.29, 1.82) is 5.26 Å². The average Bonchev–Trinajstić information content (AvgIpc) is 2.89. The Bertz CT molecular complexity index is 1110. The van der Waals surface area contributed by atoms with Gasteiger partial charge < -0.3 is 15.4 Å². The van der Waals surface area contributed by atoms with Crippen molar-refractivity contribution in [1.82, 2.24) is 10.6 Å². The highest BCUT2D eigenvalue weighted by atomic mass is 16.5. The number of ether oxygens (including phenoxy) is 1. The maximum Gasteiger partial charge on any atom is 0.256 e. The van der Waals surface area contributed by atoms with Crippen molar-refractivity contribution in [2.24, 2.45) is 0 Å². The Morgan fingerprint density at radius 3 is 1.77 bits per heavy atom. The fraction of sp³-hybridized carbons (Fsp3) is 0.207. The minimum Gasteiger partial charge on any atom is -0.476 e. The zero-order valence-electron chi connectivity index (χ0n) is 19.7.